The fourth-order valence-corrected chi connectivity index (χ4v) is 0. The summed E-state index contributed by atoms with van der Waals surface area (Å²) in [4.78, 5) is 0. The molecule has 8 heavy (non-hydrogen) atoms. The molecule has 0 bridgehead atoms. The first-order valence-corrected chi connectivity index (χ1v) is 2.99. The van der Waals surface area contributed by atoms with Crippen LogP contribution < -0.4 is 0 Å². The summed E-state index contributed by atoms with van der Waals surface area (Å²) in [6.45, 7) is 0. The Labute approximate surface area is 54.8 Å². The molecule has 3 nitrogen and oxygen atoms in total. The van der Waals surface area contributed by atoms with Gasteiger partial charge in [-0.05, 0) is 18.4 Å². The lowest BCUT2D eigenvalue weighted by molar-refractivity contribution is -1.06. The zero-order valence-corrected chi connectivity index (χ0v) is 7.57. The summed E-state index contributed by atoms with van der Waals surface area (Å²) in [7, 11) is 9.93. The van der Waals surface area contributed by atoms with Gasteiger partial charge in [0, 0.05) is 0 Å². The fraction of sp³-hybridized carbons (Fsp3) is 1.00. The molecular weight excluding hydrogens is 142 g/mol. The van der Waals surface area contributed by atoms with Gasteiger partial charge >= 0.3 is 0 Å². The van der Waals surface area contributed by atoms with Crippen LogP contribution in [0.2, 0.25) is 0 Å². The van der Waals surface area contributed by atoms with Gasteiger partial charge in [-0.3, -0.25) is 4.52 Å². The number of rotatable bonds is 0. The number of hydrogen-bond acceptors (Lipinski definition) is 2. The zero-order valence-electron chi connectivity index (χ0n) is 5.42. The largest absolute Gasteiger partial charge is 0.255 e. The summed E-state index contributed by atoms with van der Waals surface area (Å²) in [6.07, 6.45) is 0. The summed E-state index contributed by atoms with van der Waals surface area (Å²) in [5.41, 5.74) is 0. The monoisotopic (exact) mass is 155 g/mol. The minimum Gasteiger partial charge on any atom is -0.255 e. The summed E-state index contributed by atoms with van der Waals surface area (Å²) in [5.74, 6) is 0. The average Bonchev–Trinajstić information content (AvgIpc) is 1.27. The number of quaternary nitrogens is 1. The van der Waals surface area contributed by atoms with Crippen LogP contribution in [0.3, 0.4) is 0 Å². The normalized spacial score (nSPS) is 9.12. The van der Waals surface area contributed by atoms with Crippen molar-refractivity contribution in [3.8, 4) is 0 Å². The van der Waals surface area contributed by atoms with E-state index in [9.17, 15) is 0 Å². The van der Waals surface area contributed by atoms with Crippen LogP contribution in [-0.2, 0) is 0 Å². The summed E-state index contributed by atoms with van der Waals surface area (Å²) in [5, 5.41) is 8.46. The molecule has 1 atom stereocenters. The highest BCUT2D eigenvalue weighted by Gasteiger charge is 1.92. The van der Waals surface area contributed by atoms with Gasteiger partial charge in [-0.2, -0.15) is 4.65 Å². The van der Waals surface area contributed by atoms with Crippen LogP contribution in [0.1, 0.15) is 0 Å². The van der Waals surface area contributed by atoms with E-state index in [2.05, 4.69) is 22.9 Å². The maximum atomic E-state index is 8.46. The third-order valence-corrected chi connectivity index (χ3v) is 0. The third-order valence-electron chi connectivity index (χ3n) is 0. The van der Waals surface area contributed by atoms with Gasteiger partial charge in [0.2, 0.25) is 0 Å². The minimum atomic E-state index is 0. The average molecular weight is 155 g/mol. The SMILES string of the molecule is C[N+](C)(C)O.P=NP. The zero-order chi connectivity index (χ0) is 7.21. The highest BCUT2D eigenvalue weighted by molar-refractivity contribution is 7.23. The summed E-state index contributed by atoms with van der Waals surface area (Å²) < 4.78 is 3.22. The van der Waals surface area contributed by atoms with Crippen LogP contribution >= 0.6 is 18.4 Å². The van der Waals surface area contributed by atoms with Gasteiger partial charge in [-0.1, -0.05) is 0 Å². The van der Waals surface area contributed by atoms with Crippen molar-refractivity contribution in [3.05, 3.63) is 0 Å². The smallest absolute Gasteiger partial charge is 0.0979 e. The Balaban J connectivity index is 0. The minimum absolute atomic E-state index is 0. The Morgan fingerprint density at radius 3 is 1.50 bits per heavy atom. The molecule has 1 N–H and O–H groups in total. The van der Waals surface area contributed by atoms with Crippen LogP contribution in [0.25, 0.3) is 0 Å². The maximum absolute atomic E-state index is 8.46. The van der Waals surface area contributed by atoms with Gasteiger partial charge in [0.1, 0.15) is 0 Å². The summed E-state index contributed by atoms with van der Waals surface area (Å²) >= 11 is 0. The molecule has 0 aromatic carbocycles. The Bertz CT molecular complexity index is 54.8. The van der Waals surface area contributed by atoms with Crippen molar-refractivity contribution in [2.24, 2.45) is 4.52 Å². The Hall–Kier alpha value is 0.450. The first kappa shape index (κ1) is 11.3. The number of nitrogens with zero attached hydrogens (tertiary/aromatic N) is 2. The molecule has 0 amide bonds. The van der Waals surface area contributed by atoms with Crippen molar-refractivity contribution in [2.45, 2.75) is 0 Å². The predicted octanol–water partition coefficient (Wildman–Crippen LogP) is 1.18. The molecule has 50 valence electrons. The van der Waals surface area contributed by atoms with Crippen molar-refractivity contribution in [3.63, 3.8) is 0 Å². The molecular formula is C3H13N2OP2+. The number of hydroxylamine groups is 3. The van der Waals surface area contributed by atoms with E-state index in [4.69, 9.17) is 5.21 Å². The van der Waals surface area contributed by atoms with Gasteiger partial charge in [0.05, 0.1) is 21.1 Å². The van der Waals surface area contributed by atoms with E-state index in [1.807, 2.05) is 0 Å². The highest BCUT2D eigenvalue weighted by Crippen LogP contribution is 1.79. The van der Waals surface area contributed by atoms with E-state index in [0.29, 0.717) is 0 Å². The molecule has 0 aliphatic heterocycles. The van der Waals surface area contributed by atoms with Crippen LogP contribution in [0.15, 0.2) is 4.52 Å². The third kappa shape index (κ3) is 946. The van der Waals surface area contributed by atoms with E-state index in [0.717, 1.165) is 0 Å². The van der Waals surface area contributed by atoms with E-state index < -0.39 is 0 Å². The first-order valence-electron chi connectivity index (χ1n) is 2.02. The van der Waals surface area contributed by atoms with E-state index in [1.165, 1.54) is 0 Å². The van der Waals surface area contributed by atoms with Gasteiger partial charge in [0.15, 0.2) is 0 Å². The molecule has 0 spiro atoms. The topological polar surface area (TPSA) is 32.6 Å². The van der Waals surface area contributed by atoms with Crippen molar-refractivity contribution in [1.29, 1.82) is 0 Å². The molecule has 1 unspecified atom stereocenters. The highest BCUT2D eigenvalue weighted by atomic mass is 31.1. The second-order valence-electron chi connectivity index (χ2n) is 2.07. The molecule has 5 heteroatoms. The van der Waals surface area contributed by atoms with Crippen LogP contribution in [0.5, 0.6) is 0 Å². The molecule has 0 heterocycles. The molecule has 0 rings (SSSR count). The fourth-order valence-electron chi connectivity index (χ4n) is 0. The standard InChI is InChI=1S/C3H10NO.H3NP2/c1-4(2,3)5;2-1-3/h5H,1-3H3;2H,3H2/q+1;. The molecule has 0 aliphatic carbocycles. The quantitative estimate of drug-likeness (QED) is 0.318. The van der Waals surface area contributed by atoms with Gasteiger partial charge < -0.3 is 0 Å². The first-order chi connectivity index (χ1) is 3.41. The lowest BCUT2D eigenvalue weighted by Crippen LogP contribution is -2.28. The molecule has 0 aromatic rings. The molecule has 0 radical (unpaired) electrons. The molecule has 0 fully saturated rings. The lowest BCUT2D eigenvalue weighted by Gasteiger charge is -2.09. The molecule has 0 aliphatic rings. The summed E-state index contributed by atoms with van der Waals surface area (Å²) in [6, 6.07) is 0. The van der Waals surface area contributed by atoms with Crippen molar-refractivity contribution >= 4 is 18.4 Å². The predicted molar refractivity (Wildman–Crippen MR) is 40.3 cm³/mol. The molecule has 0 saturated carbocycles. The molecule has 0 saturated heterocycles. The second-order valence-corrected chi connectivity index (χ2v) is 3.10. The van der Waals surface area contributed by atoms with E-state index >= 15 is 0 Å². The Morgan fingerprint density at radius 1 is 1.50 bits per heavy atom. The van der Waals surface area contributed by atoms with Crippen molar-refractivity contribution in [1.82, 2.24) is 0 Å². The van der Waals surface area contributed by atoms with Crippen molar-refractivity contribution in [2.75, 3.05) is 21.1 Å². The number of hydrogen-bond donors (Lipinski definition) is 1. The van der Waals surface area contributed by atoms with Crippen LogP contribution in [0, 0.1) is 0 Å². The van der Waals surface area contributed by atoms with Crippen LogP contribution in [0.4, 0.5) is 0 Å². The van der Waals surface area contributed by atoms with Crippen molar-refractivity contribution < 1.29 is 9.85 Å². The maximum Gasteiger partial charge on any atom is 0.0979 e. The van der Waals surface area contributed by atoms with Crippen LogP contribution in [-0.4, -0.2) is 31.0 Å². The van der Waals surface area contributed by atoms with Gasteiger partial charge in [-0.15, -0.1) is 0 Å². The Morgan fingerprint density at radius 2 is 1.50 bits per heavy atom. The second kappa shape index (κ2) is 5.58. The Kier molecular flexibility index (Phi) is 7.87. The van der Waals surface area contributed by atoms with E-state index in [-0.39, 0.29) is 4.65 Å². The van der Waals surface area contributed by atoms with Gasteiger partial charge in [0.25, 0.3) is 0 Å². The molecule has 0 aromatic heterocycles. The van der Waals surface area contributed by atoms with E-state index in [1.54, 1.807) is 21.1 Å². The van der Waals surface area contributed by atoms with Gasteiger partial charge in [-0.25, -0.2) is 5.21 Å². The lowest BCUT2D eigenvalue weighted by atomic mass is 11.0.